The highest BCUT2D eigenvalue weighted by Gasteiger charge is 2.34. The van der Waals surface area contributed by atoms with Gasteiger partial charge in [0.1, 0.15) is 11.7 Å². The number of aliphatic hydroxyl groups is 1. The number of fused-ring (bicyclic) bond motifs is 3. The van der Waals surface area contributed by atoms with Crippen molar-refractivity contribution in [3.63, 3.8) is 0 Å². The molecule has 1 aromatic heterocycles. The fraction of sp³-hybridized carbons (Fsp3) is 0.526. The summed E-state index contributed by atoms with van der Waals surface area (Å²) in [4.78, 5) is 14.2. The first-order valence-corrected chi connectivity index (χ1v) is 9.37. The van der Waals surface area contributed by atoms with Gasteiger partial charge in [-0.2, -0.15) is 13.2 Å². The van der Waals surface area contributed by atoms with E-state index in [1.807, 2.05) is 4.90 Å². The van der Waals surface area contributed by atoms with Crippen molar-refractivity contribution in [2.24, 2.45) is 0 Å². The SMILES string of the molecule is O=C1NCCN(CC[C@@H]2CO[C@H](CO)CO2)c2c1oc1ccc(C(F)(F)F)cc21. The summed E-state index contributed by atoms with van der Waals surface area (Å²) < 4.78 is 56.3. The molecule has 1 saturated heterocycles. The van der Waals surface area contributed by atoms with Crippen molar-refractivity contribution in [3.8, 4) is 0 Å². The zero-order valence-electron chi connectivity index (χ0n) is 15.5. The van der Waals surface area contributed by atoms with Gasteiger partial charge in [0.2, 0.25) is 5.76 Å². The van der Waals surface area contributed by atoms with Gasteiger partial charge in [-0.25, -0.2) is 0 Å². The molecule has 0 unspecified atom stereocenters. The number of rotatable bonds is 4. The van der Waals surface area contributed by atoms with E-state index in [0.29, 0.717) is 38.3 Å². The smallest absolute Gasteiger partial charge is 0.416 e. The largest absolute Gasteiger partial charge is 0.449 e. The summed E-state index contributed by atoms with van der Waals surface area (Å²) in [5, 5.41) is 12.1. The Balaban J connectivity index is 1.61. The predicted molar refractivity (Wildman–Crippen MR) is 96.9 cm³/mol. The lowest BCUT2D eigenvalue weighted by Gasteiger charge is -2.30. The second-order valence-electron chi connectivity index (χ2n) is 7.11. The number of aliphatic hydroxyl groups excluding tert-OH is 1. The maximum Gasteiger partial charge on any atom is 0.416 e. The fourth-order valence-corrected chi connectivity index (χ4v) is 3.60. The van der Waals surface area contributed by atoms with Crippen molar-refractivity contribution < 1.29 is 37.0 Å². The molecule has 2 aromatic rings. The van der Waals surface area contributed by atoms with Gasteiger partial charge < -0.3 is 29.2 Å². The van der Waals surface area contributed by atoms with Gasteiger partial charge in [0.05, 0.1) is 37.2 Å². The summed E-state index contributed by atoms with van der Waals surface area (Å²) in [7, 11) is 0. The van der Waals surface area contributed by atoms with E-state index in [1.54, 1.807) is 0 Å². The number of halogens is 3. The molecule has 3 heterocycles. The maximum atomic E-state index is 13.2. The van der Waals surface area contributed by atoms with Gasteiger partial charge in [0, 0.05) is 25.0 Å². The van der Waals surface area contributed by atoms with Gasteiger partial charge in [-0.15, -0.1) is 0 Å². The Kier molecular flexibility index (Phi) is 5.41. The van der Waals surface area contributed by atoms with Crippen LogP contribution in [-0.4, -0.2) is 62.7 Å². The Morgan fingerprint density at radius 3 is 2.66 bits per heavy atom. The van der Waals surface area contributed by atoms with Crippen molar-refractivity contribution in [1.29, 1.82) is 0 Å². The molecular formula is C19H21F3N2O5. The lowest BCUT2D eigenvalue weighted by Crippen LogP contribution is -2.40. The van der Waals surface area contributed by atoms with Gasteiger partial charge in [-0.3, -0.25) is 4.79 Å². The summed E-state index contributed by atoms with van der Waals surface area (Å²) in [6, 6.07) is 3.21. The van der Waals surface area contributed by atoms with E-state index in [9.17, 15) is 18.0 Å². The Hall–Kier alpha value is -2.30. The van der Waals surface area contributed by atoms with Crippen LogP contribution in [0.2, 0.25) is 0 Å². The van der Waals surface area contributed by atoms with Crippen molar-refractivity contribution in [2.75, 3.05) is 44.4 Å². The molecule has 0 saturated carbocycles. The molecule has 0 radical (unpaired) electrons. The van der Waals surface area contributed by atoms with Crippen molar-refractivity contribution in [1.82, 2.24) is 5.32 Å². The summed E-state index contributed by atoms with van der Waals surface area (Å²) >= 11 is 0. The molecule has 2 aliphatic heterocycles. The molecule has 29 heavy (non-hydrogen) atoms. The number of alkyl halides is 3. The maximum absolute atomic E-state index is 13.2. The number of hydrogen-bond acceptors (Lipinski definition) is 6. The van der Waals surface area contributed by atoms with Gasteiger partial charge in [-0.1, -0.05) is 0 Å². The first kappa shape index (κ1) is 20.0. The summed E-state index contributed by atoms with van der Waals surface area (Å²) in [5.41, 5.74) is -0.198. The molecule has 0 bridgehead atoms. The van der Waals surface area contributed by atoms with Crippen LogP contribution >= 0.6 is 0 Å². The molecule has 10 heteroatoms. The topological polar surface area (TPSA) is 84.2 Å². The third-order valence-corrected chi connectivity index (χ3v) is 5.14. The van der Waals surface area contributed by atoms with Crippen LogP contribution in [0, 0.1) is 0 Å². The van der Waals surface area contributed by atoms with Gasteiger partial charge in [0.25, 0.3) is 5.91 Å². The van der Waals surface area contributed by atoms with Crippen molar-refractivity contribution >= 4 is 22.6 Å². The van der Waals surface area contributed by atoms with Crippen LogP contribution in [0.3, 0.4) is 0 Å². The number of nitrogens with zero attached hydrogens (tertiary/aromatic N) is 1. The minimum Gasteiger partial charge on any atom is -0.449 e. The van der Waals surface area contributed by atoms with E-state index in [0.717, 1.165) is 12.1 Å². The monoisotopic (exact) mass is 414 g/mol. The minimum absolute atomic E-state index is 0.0120. The molecule has 2 N–H and O–H groups in total. The molecule has 1 amide bonds. The minimum atomic E-state index is -4.49. The number of ether oxygens (including phenoxy) is 2. The van der Waals surface area contributed by atoms with Crippen LogP contribution in [0.25, 0.3) is 11.0 Å². The highest BCUT2D eigenvalue weighted by molar-refractivity contribution is 6.07. The van der Waals surface area contributed by atoms with E-state index < -0.39 is 17.6 Å². The van der Waals surface area contributed by atoms with E-state index >= 15 is 0 Å². The Labute approximate surface area is 164 Å². The van der Waals surface area contributed by atoms with Crippen LogP contribution in [0.5, 0.6) is 0 Å². The normalized spacial score (nSPS) is 23.0. The Morgan fingerprint density at radius 1 is 1.21 bits per heavy atom. The number of anilines is 1. The van der Waals surface area contributed by atoms with E-state index in [2.05, 4.69) is 5.32 Å². The second kappa shape index (κ2) is 7.85. The highest BCUT2D eigenvalue weighted by Crippen LogP contribution is 2.39. The Morgan fingerprint density at radius 2 is 1.97 bits per heavy atom. The third kappa shape index (κ3) is 4.05. The molecule has 4 rings (SSSR count). The van der Waals surface area contributed by atoms with Crippen LogP contribution < -0.4 is 10.2 Å². The van der Waals surface area contributed by atoms with Crippen LogP contribution in [0.15, 0.2) is 22.6 Å². The third-order valence-electron chi connectivity index (χ3n) is 5.14. The van der Waals surface area contributed by atoms with Gasteiger partial charge in [-0.05, 0) is 24.6 Å². The lowest BCUT2D eigenvalue weighted by atomic mass is 10.1. The van der Waals surface area contributed by atoms with E-state index in [4.69, 9.17) is 19.0 Å². The first-order chi connectivity index (χ1) is 13.9. The number of benzene rings is 1. The van der Waals surface area contributed by atoms with Gasteiger partial charge in [0.15, 0.2) is 0 Å². The lowest BCUT2D eigenvalue weighted by molar-refractivity contribution is -0.145. The van der Waals surface area contributed by atoms with Crippen LogP contribution in [0.4, 0.5) is 18.9 Å². The number of nitrogens with one attached hydrogen (secondary N) is 1. The Bertz CT molecular complexity index is 890. The predicted octanol–water partition coefficient (Wildman–Crippen LogP) is 2.17. The summed E-state index contributed by atoms with van der Waals surface area (Å²) in [6.45, 7) is 1.72. The molecule has 0 spiro atoms. The fourth-order valence-electron chi connectivity index (χ4n) is 3.60. The second-order valence-corrected chi connectivity index (χ2v) is 7.11. The molecule has 0 aliphatic carbocycles. The zero-order valence-corrected chi connectivity index (χ0v) is 15.5. The van der Waals surface area contributed by atoms with E-state index in [-0.39, 0.29) is 42.2 Å². The van der Waals surface area contributed by atoms with E-state index in [1.165, 1.54) is 6.07 Å². The molecule has 1 aromatic carbocycles. The highest BCUT2D eigenvalue weighted by atomic mass is 19.4. The van der Waals surface area contributed by atoms with Crippen molar-refractivity contribution in [2.45, 2.75) is 24.8 Å². The standard InChI is InChI=1S/C19H21F3N2O5/c20-19(21,22)11-1-2-15-14(7-11)16-17(29-15)18(26)23-4-6-24(16)5-3-12-9-28-13(8-25)10-27-12/h1-2,7,12-13,25H,3-6,8-10H2,(H,23,26)/t12-,13-/m1/s1. The first-order valence-electron chi connectivity index (χ1n) is 9.37. The molecule has 7 nitrogen and oxygen atoms in total. The number of hydrogen-bond donors (Lipinski definition) is 2. The van der Waals surface area contributed by atoms with Crippen LogP contribution in [-0.2, 0) is 15.7 Å². The number of carbonyl (C=O) groups excluding carboxylic acids is 1. The molecule has 158 valence electrons. The molecule has 2 atom stereocenters. The van der Waals surface area contributed by atoms with Crippen molar-refractivity contribution in [3.05, 3.63) is 29.5 Å². The number of amides is 1. The quantitative estimate of drug-likeness (QED) is 0.798. The zero-order chi connectivity index (χ0) is 20.6. The number of furan rings is 1. The number of carbonyl (C=O) groups is 1. The summed E-state index contributed by atoms with van der Waals surface area (Å²) in [6.07, 6.45) is -4.47. The summed E-state index contributed by atoms with van der Waals surface area (Å²) in [5.74, 6) is -0.437. The van der Waals surface area contributed by atoms with Crippen LogP contribution in [0.1, 0.15) is 22.5 Å². The molecular weight excluding hydrogens is 393 g/mol. The molecule has 2 aliphatic rings. The average Bonchev–Trinajstić information content (AvgIpc) is 3.01. The molecule has 1 fully saturated rings. The van der Waals surface area contributed by atoms with Gasteiger partial charge >= 0.3 is 6.18 Å². The average molecular weight is 414 g/mol.